The molecular formula is C15H8Br3N3O2. The normalized spacial score (nSPS) is 15.3. The van der Waals surface area contributed by atoms with Crippen molar-refractivity contribution in [2.45, 2.75) is 0 Å². The standard InChI is InChI=1S/C15H8Br3N3O2/c16-8-1-2-12-10(4-8)13(15(23)20-12)21-19-6-7-3-9(17)5-11(18)14(7)22/h1-6,22H,(H,20,21,23). The third-order valence-corrected chi connectivity index (χ3v) is 4.67. The number of hydrogen-bond acceptors (Lipinski definition) is 4. The molecule has 1 aliphatic rings. The second-order valence-corrected chi connectivity index (χ2v) is 7.35. The van der Waals surface area contributed by atoms with E-state index in [0.717, 1.165) is 8.95 Å². The van der Waals surface area contributed by atoms with Crippen LogP contribution in [0.1, 0.15) is 11.1 Å². The summed E-state index contributed by atoms with van der Waals surface area (Å²) in [5.74, 6) is -0.258. The van der Waals surface area contributed by atoms with Gasteiger partial charge in [0.25, 0.3) is 5.91 Å². The number of benzene rings is 2. The fourth-order valence-electron chi connectivity index (χ4n) is 2.06. The van der Waals surface area contributed by atoms with Crippen molar-refractivity contribution in [2.75, 3.05) is 5.32 Å². The number of carbonyl (C=O) groups excluding carboxylic acids is 1. The summed E-state index contributed by atoms with van der Waals surface area (Å²) in [6.45, 7) is 0. The molecule has 5 nitrogen and oxygen atoms in total. The largest absolute Gasteiger partial charge is 0.506 e. The Balaban J connectivity index is 1.95. The summed E-state index contributed by atoms with van der Waals surface area (Å²) in [7, 11) is 0. The van der Waals surface area contributed by atoms with Gasteiger partial charge in [0.05, 0.1) is 16.4 Å². The number of aromatic hydroxyl groups is 1. The molecule has 0 aliphatic carbocycles. The van der Waals surface area contributed by atoms with Crippen molar-refractivity contribution in [2.24, 2.45) is 10.2 Å². The lowest BCUT2D eigenvalue weighted by Crippen LogP contribution is -2.13. The first-order valence-electron chi connectivity index (χ1n) is 6.36. The van der Waals surface area contributed by atoms with Crippen LogP contribution in [0.25, 0.3) is 0 Å². The van der Waals surface area contributed by atoms with E-state index in [1.54, 1.807) is 24.3 Å². The number of nitrogens with one attached hydrogen (secondary N) is 1. The van der Waals surface area contributed by atoms with Crippen LogP contribution >= 0.6 is 47.8 Å². The molecule has 0 saturated carbocycles. The maximum Gasteiger partial charge on any atom is 0.276 e. The fourth-order valence-corrected chi connectivity index (χ4v) is 3.68. The first-order chi connectivity index (χ1) is 11.0. The van der Waals surface area contributed by atoms with Crippen molar-refractivity contribution in [3.63, 3.8) is 0 Å². The molecule has 2 aromatic rings. The highest BCUT2D eigenvalue weighted by atomic mass is 79.9. The molecule has 1 heterocycles. The molecule has 0 spiro atoms. The van der Waals surface area contributed by atoms with E-state index in [0.29, 0.717) is 21.3 Å². The molecule has 0 fully saturated rings. The topological polar surface area (TPSA) is 74.0 Å². The Morgan fingerprint density at radius 2 is 1.87 bits per heavy atom. The Morgan fingerprint density at radius 1 is 1.09 bits per heavy atom. The summed E-state index contributed by atoms with van der Waals surface area (Å²) in [4.78, 5) is 12.0. The summed E-state index contributed by atoms with van der Waals surface area (Å²) in [6.07, 6.45) is 1.39. The molecule has 1 aliphatic heterocycles. The van der Waals surface area contributed by atoms with Crippen molar-refractivity contribution in [3.05, 3.63) is 54.9 Å². The summed E-state index contributed by atoms with van der Waals surface area (Å²) >= 11 is 9.95. The van der Waals surface area contributed by atoms with Crippen molar-refractivity contribution in [3.8, 4) is 5.75 Å². The van der Waals surface area contributed by atoms with Gasteiger partial charge in [-0.15, -0.1) is 5.10 Å². The SMILES string of the molecule is O=C1Nc2ccc(Br)cc2/C1=N/N=Cc1cc(Br)cc(Br)c1O. The van der Waals surface area contributed by atoms with Gasteiger partial charge >= 0.3 is 0 Å². The summed E-state index contributed by atoms with van der Waals surface area (Å²) in [5.41, 5.74) is 2.08. The van der Waals surface area contributed by atoms with Crippen molar-refractivity contribution >= 4 is 71.3 Å². The second-order valence-electron chi connectivity index (χ2n) is 4.66. The fraction of sp³-hybridized carbons (Fsp3) is 0. The van der Waals surface area contributed by atoms with Crippen LogP contribution < -0.4 is 5.32 Å². The predicted molar refractivity (Wildman–Crippen MR) is 100 cm³/mol. The van der Waals surface area contributed by atoms with E-state index in [1.165, 1.54) is 6.21 Å². The van der Waals surface area contributed by atoms with Crippen LogP contribution in [0.5, 0.6) is 5.75 Å². The molecule has 116 valence electrons. The molecule has 1 amide bonds. The molecule has 2 aromatic carbocycles. The summed E-state index contributed by atoms with van der Waals surface area (Å²) in [6, 6.07) is 8.84. The zero-order valence-corrected chi connectivity index (χ0v) is 16.1. The number of hydrogen-bond donors (Lipinski definition) is 2. The lowest BCUT2D eigenvalue weighted by molar-refractivity contribution is -0.110. The van der Waals surface area contributed by atoms with Crippen molar-refractivity contribution in [1.29, 1.82) is 0 Å². The number of phenols is 1. The van der Waals surface area contributed by atoms with Gasteiger partial charge in [0.15, 0.2) is 5.71 Å². The number of anilines is 1. The number of halogens is 3. The molecule has 3 rings (SSSR count). The molecular weight excluding hydrogens is 494 g/mol. The van der Waals surface area contributed by atoms with E-state index in [2.05, 4.69) is 63.3 Å². The Bertz CT molecular complexity index is 879. The number of carbonyl (C=O) groups is 1. The van der Waals surface area contributed by atoms with Crippen LogP contribution in [-0.2, 0) is 4.79 Å². The molecule has 8 heteroatoms. The highest BCUT2D eigenvalue weighted by Gasteiger charge is 2.26. The molecule has 0 bridgehead atoms. The number of fused-ring (bicyclic) bond motifs is 1. The first-order valence-corrected chi connectivity index (χ1v) is 8.74. The van der Waals surface area contributed by atoms with E-state index in [-0.39, 0.29) is 17.4 Å². The first kappa shape index (κ1) is 16.4. The van der Waals surface area contributed by atoms with Gasteiger partial charge < -0.3 is 10.4 Å². The molecule has 2 N–H and O–H groups in total. The van der Waals surface area contributed by atoms with Gasteiger partial charge in [-0.05, 0) is 46.3 Å². The van der Waals surface area contributed by atoms with Crippen LogP contribution in [0.2, 0.25) is 0 Å². The highest BCUT2D eigenvalue weighted by Crippen LogP contribution is 2.31. The van der Waals surface area contributed by atoms with E-state index in [9.17, 15) is 9.90 Å². The summed E-state index contributed by atoms with van der Waals surface area (Å²) < 4.78 is 2.16. The Labute approximate surface area is 156 Å². The number of nitrogens with zero attached hydrogens (tertiary/aromatic N) is 2. The van der Waals surface area contributed by atoms with Gasteiger partial charge in [-0.25, -0.2) is 0 Å². The number of amides is 1. The third-order valence-electron chi connectivity index (χ3n) is 3.11. The Hall–Kier alpha value is -1.51. The smallest absolute Gasteiger partial charge is 0.276 e. The van der Waals surface area contributed by atoms with Gasteiger partial charge in [-0.3, -0.25) is 4.79 Å². The van der Waals surface area contributed by atoms with Crippen LogP contribution in [0, 0.1) is 0 Å². The van der Waals surface area contributed by atoms with Crippen LogP contribution in [-0.4, -0.2) is 22.9 Å². The number of phenolic OH excluding ortho intramolecular Hbond substituents is 1. The number of rotatable bonds is 2. The van der Waals surface area contributed by atoms with E-state index < -0.39 is 0 Å². The van der Waals surface area contributed by atoms with E-state index in [1.807, 2.05) is 6.07 Å². The molecule has 0 unspecified atom stereocenters. The maximum absolute atomic E-state index is 12.0. The van der Waals surface area contributed by atoms with Gasteiger partial charge in [0.2, 0.25) is 0 Å². The molecule has 0 saturated heterocycles. The molecule has 0 atom stereocenters. The average Bonchev–Trinajstić information content (AvgIpc) is 2.79. The quantitative estimate of drug-likeness (QED) is 0.471. The van der Waals surface area contributed by atoms with Gasteiger partial charge in [-0.1, -0.05) is 31.9 Å². The lowest BCUT2D eigenvalue weighted by atomic mass is 10.1. The predicted octanol–water partition coefficient (Wildman–Crippen LogP) is 4.46. The van der Waals surface area contributed by atoms with Gasteiger partial charge in [-0.2, -0.15) is 5.10 Å². The minimum absolute atomic E-state index is 0.0520. The van der Waals surface area contributed by atoms with Crippen LogP contribution in [0.3, 0.4) is 0 Å². The molecule has 23 heavy (non-hydrogen) atoms. The van der Waals surface area contributed by atoms with Crippen LogP contribution in [0.15, 0.2) is 54.0 Å². The highest BCUT2D eigenvalue weighted by molar-refractivity contribution is 9.11. The average molecular weight is 502 g/mol. The minimum atomic E-state index is -0.310. The Morgan fingerprint density at radius 3 is 2.65 bits per heavy atom. The minimum Gasteiger partial charge on any atom is -0.506 e. The third kappa shape index (κ3) is 3.39. The summed E-state index contributed by atoms with van der Waals surface area (Å²) in [5, 5.41) is 20.6. The zero-order chi connectivity index (χ0) is 16.6. The van der Waals surface area contributed by atoms with Gasteiger partial charge in [0, 0.05) is 20.1 Å². The monoisotopic (exact) mass is 499 g/mol. The van der Waals surface area contributed by atoms with E-state index >= 15 is 0 Å². The van der Waals surface area contributed by atoms with Crippen molar-refractivity contribution in [1.82, 2.24) is 0 Å². The molecule has 0 aromatic heterocycles. The molecule has 0 radical (unpaired) electrons. The van der Waals surface area contributed by atoms with E-state index in [4.69, 9.17) is 0 Å². The zero-order valence-electron chi connectivity index (χ0n) is 11.3. The van der Waals surface area contributed by atoms with Crippen LogP contribution in [0.4, 0.5) is 5.69 Å². The Kier molecular flexibility index (Phi) is 4.65. The lowest BCUT2D eigenvalue weighted by Gasteiger charge is -2.01. The maximum atomic E-state index is 12.0. The van der Waals surface area contributed by atoms with Gasteiger partial charge in [0.1, 0.15) is 5.75 Å². The second kappa shape index (κ2) is 6.54. The van der Waals surface area contributed by atoms with Crippen molar-refractivity contribution < 1.29 is 9.90 Å².